The van der Waals surface area contributed by atoms with Crippen LogP contribution in [0.25, 0.3) is 0 Å². The molecule has 0 spiro atoms. The number of guanidine groups is 1. The van der Waals surface area contributed by atoms with E-state index in [4.69, 9.17) is 5.73 Å². The average Bonchev–Trinajstić information content (AvgIpc) is 2.65. The van der Waals surface area contributed by atoms with Crippen molar-refractivity contribution in [3.63, 3.8) is 0 Å². The Kier molecular flexibility index (Phi) is 7.90. The molecule has 1 aliphatic heterocycles. The van der Waals surface area contributed by atoms with Gasteiger partial charge < -0.3 is 11.1 Å². The highest BCUT2D eigenvalue weighted by molar-refractivity contribution is 14.0. The van der Waals surface area contributed by atoms with Gasteiger partial charge in [0.1, 0.15) is 0 Å². The molecule has 3 rings (SSSR count). The van der Waals surface area contributed by atoms with E-state index in [1.807, 2.05) is 12.1 Å². The number of fused-ring (bicyclic) bond motifs is 1. The molecule has 5 heteroatoms. The molecule has 2 aromatic rings. The van der Waals surface area contributed by atoms with Crippen LogP contribution in [0.2, 0.25) is 0 Å². The molecule has 1 aliphatic rings. The molecule has 0 saturated heterocycles. The Morgan fingerprint density at radius 1 is 1.19 bits per heavy atom. The minimum atomic E-state index is 0. The van der Waals surface area contributed by atoms with Gasteiger partial charge in [0.2, 0.25) is 0 Å². The van der Waals surface area contributed by atoms with Crippen LogP contribution < -0.4 is 11.1 Å². The van der Waals surface area contributed by atoms with E-state index in [1.54, 1.807) is 0 Å². The summed E-state index contributed by atoms with van der Waals surface area (Å²) in [7, 11) is 0. The normalized spacial score (nSPS) is 15.7. The third-order valence-electron chi connectivity index (χ3n) is 4.92. The fourth-order valence-corrected chi connectivity index (χ4v) is 3.30. The molecular formula is C21H29IN4. The number of anilines is 1. The van der Waals surface area contributed by atoms with Crippen LogP contribution in [0.3, 0.4) is 0 Å². The molecule has 0 fully saturated rings. The molecule has 4 nitrogen and oxygen atoms in total. The van der Waals surface area contributed by atoms with Crippen LogP contribution in [0.5, 0.6) is 0 Å². The fourth-order valence-electron chi connectivity index (χ4n) is 3.30. The molecule has 26 heavy (non-hydrogen) atoms. The zero-order valence-corrected chi connectivity index (χ0v) is 17.9. The number of nitrogens with zero attached hydrogens (tertiary/aromatic N) is 2. The lowest BCUT2D eigenvalue weighted by Gasteiger charge is -2.33. The Hall–Kier alpha value is -1.60. The van der Waals surface area contributed by atoms with Gasteiger partial charge in [-0.15, -0.1) is 24.0 Å². The third kappa shape index (κ3) is 5.45. The standard InChI is InChI=1S/C21H28N4.HI/c1-3-17-7-6-10-20(13-17)24-21(22)23-14-16(2)25-12-11-18-8-4-5-9-19(18)15-25;/h4-10,13,16H,3,11-12,14-15H2,1-2H3,(H3,22,23,24);1H. The molecule has 0 aromatic heterocycles. The predicted octanol–water partition coefficient (Wildman–Crippen LogP) is 4.04. The van der Waals surface area contributed by atoms with Crippen molar-refractivity contribution in [2.24, 2.45) is 10.7 Å². The number of rotatable bonds is 5. The Balaban J connectivity index is 0.00000243. The molecule has 0 aliphatic carbocycles. The van der Waals surface area contributed by atoms with Crippen LogP contribution in [0.15, 0.2) is 53.5 Å². The molecule has 1 atom stereocenters. The van der Waals surface area contributed by atoms with Crippen molar-refractivity contribution in [3.05, 3.63) is 65.2 Å². The second kappa shape index (κ2) is 9.92. The van der Waals surface area contributed by atoms with Gasteiger partial charge in [0.05, 0.1) is 6.54 Å². The van der Waals surface area contributed by atoms with E-state index in [2.05, 4.69) is 65.5 Å². The lowest BCUT2D eigenvalue weighted by molar-refractivity contribution is 0.195. The van der Waals surface area contributed by atoms with Crippen molar-refractivity contribution in [2.45, 2.75) is 39.3 Å². The average molecular weight is 464 g/mol. The van der Waals surface area contributed by atoms with E-state index in [9.17, 15) is 0 Å². The Labute approximate surface area is 173 Å². The summed E-state index contributed by atoms with van der Waals surface area (Å²) in [6, 6.07) is 17.4. The summed E-state index contributed by atoms with van der Waals surface area (Å²) in [6.07, 6.45) is 2.13. The fraction of sp³-hybridized carbons (Fsp3) is 0.381. The van der Waals surface area contributed by atoms with Gasteiger partial charge in [-0.05, 0) is 48.6 Å². The van der Waals surface area contributed by atoms with E-state index >= 15 is 0 Å². The van der Waals surface area contributed by atoms with Crippen LogP contribution >= 0.6 is 24.0 Å². The first-order chi connectivity index (χ1) is 12.2. The van der Waals surface area contributed by atoms with Crippen LogP contribution in [0.4, 0.5) is 5.69 Å². The highest BCUT2D eigenvalue weighted by atomic mass is 127. The van der Waals surface area contributed by atoms with Crippen molar-refractivity contribution in [1.29, 1.82) is 0 Å². The van der Waals surface area contributed by atoms with Crippen molar-refractivity contribution in [1.82, 2.24) is 4.90 Å². The van der Waals surface area contributed by atoms with Gasteiger partial charge in [0.25, 0.3) is 0 Å². The number of hydrogen-bond donors (Lipinski definition) is 2. The summed E-state index contributed by atoms with van der Waals surface area (Å²) >= 11 is 0. The van der Waals surface area contributed by atoms with E-state index in [1.165, 1.54) is 16.7 Å². The number of benzene rings is 2. The summed E-state index contributed by atoms with van der Waals surface area (Å²) in [5, 5.41) is 3.20. The predicted molar refractivity (Wildman–Crippen MR) is 121 cm³/mol. The lowest BCUT2D eigenvalue weighted by Crippen LogP contribution is -2.39. The summed E-state index contributed by atoms with van der Waals surface area (Å²) in [5.74, 6) is 0.484. The van der Waals surface area contributed by atoms with Gasteiger partial charge in [-0.25, -0.2) is 0 Å². The minimum Gasteiger partial charge on any atom is -0.370 e. The van der Waals surface area contributed by atoms with Gasteiger partial charge in [-0.1, -0.05) is 43.3 Å². The van der Waals surface area contributed by atoms with Crippen LogP contribution in [-0.4, -0.2) is 30.0 Å². The molecular weight excluding hydrogens is 435 g/mol. The van der Waals surface area contributed by atoms with E-state index in [-0.39, 0.29) is 24.0 Å². The molecule has 140 valence electrons. The topological polar surface area (TPSA) is 53.6 Å². The van der Waals surface area contributed by atoms with E-state index < -0.39 is 0 Å². The number of aryl methyl sites for hydroxylation is 1. The maximum atomic E-state index is 6.07. The van der Waals surface area contributed by atoms with Gasteiger partial charge in [0.15, 0.2) is 5.96 Å². The maximum absolute atomic E-state index is 6.07. The van der Waals surface area contributed by atoms with Gasteiger partial charge in [-0.3, -0.25) is 9.89 Å². The molecule has 0 saturated carbocycles. The lowest BCUT2D eigenvalue weighted by atomic mass is 9.99. The quantitative estimate of drug-likeness (QED) is 0.399. The molecule has 0 radical (unpaired) electrons. The Morgan fingerprint density at radius 3 is 2.73 bits per heavy atom. The van der Waals surface area contributed by atoms with Crippen LogP contribution in [-0.2, 0) is 19.4 Å². The van der Waals surface area contributed by atoms with E-state index in [0.717, 1.165) is 31.6 Å². The summed E-state index contributed by atoms with van der Waals surface area (Å²) in [6.45, 7) is 7.16. The second-order valence-corrected chi connectivity index (χ2v) is 6.74. The van der Waals surface area contributed by atoms with Gasteiger partial charge >= 0.3 is 0 Å². The zero-order chi connectivity index (χ0) is 17.6. The van der Waals surface area contributed by atoms with Crippen molar-refractivity contribution >= 4 is 35.6 Å². The minimum absolute atomic E-state index is 0. The summed E-state index contributed by atoms with van der Waals surface area (Å²) in [5.41, 5.74) is 11.3. The molecule has 3 N–H and O–H groups in total. The Morgan fingerprint density at radius 2 is 1.96 bits per heavy atom. The highest BCUT2D eigenvalue weighted by Crippen LogP contribution is 2.20. The van der Waals surface area contributed by atoms with Crippen LogP contribution in [0.1, 0.15) is 30.5 Å². The number of nitrogens with two attached hydrogens (primary N) is 1. The monoisotopic (exact) mass is 464 g/mol. The van der Waals surface area contributed by atoms with E-state index in [0.29, 0.717) is 18.5 Å². The molecule has 2 aromatic carbocycles. The van der Waals surface area contributed by atoms with Crippen LogP contribution in [0, 0.1) is 0 Å². The summed E-state index contributed by atoms with van der Waals surface area (Å²) in [4.78, 5) is 7.03. The first-order valence-electron chi connectivity index (χ1n) is 9.12. The summed E-state index contributed by atoms with van der Waals surface area (Å²) < 4.78 is 0. The molecule has 0 amide bonds. The van der Waals surface area contributed by atoms with Crippen molar-refractivity contribution in [2.75, 3.05) is 18.4 Å². The van der Waals surface area contributed by atoms with Crippen molar-refractivity contribution in [3.8, 4) is 0 Å². The molecule has 1 heterocycles. The molecule has 1 unspecified atom stereocenters. The third-order valence-corrected chi connectivity index (χ3v) is 4.92. The Bertz CT molecular complexity index is 744. The largest absolute Gasteiger partial charge is 0.370 e. The first-order valence-corrected chi connectivity index (χ1v) is 9.12. The smallest absolute Gasteiger partial charge is 0.193 e. The number of aliphatic imine (C=N–C) groups is 1. The second-order valence-electron chi connectivity index (χ2n) is 6.74. The van der Waals surface area contributed by atoms with Gasteiger partial charge in [-0.2, -0.15) is 0 Å². The van der Waals surface area contributed by atoms with Gasteiger partial charge in [0, 0.05) is 24.8 Å². The first kappa shape index (κ1) is 20.7. The van der Waals surface area contributed by atoms with Crippen molar-refractivity contribution < 1.29 is 0 Å². The number of hydrogen-bond acceptors (Lipinski definition) is 2. The molecule has 0 bridgehead atoms. The maximum Gasteiger partial charge on any atom is 0.193 e. The number of halogens is 1. The zero-order valence-electron chi connectivity index (χ0n) is 15.6. The highest BCUT2D eigenvalue weighted by Gasteiger charge is 2.19. The number of nitrogens with one attached hydrogen (secondary N) is 1. The SMILES string of the molecule is CCc1cccc(NC(N)=NCC(C)N2CCc3ccccc3C2)c1.I.